The SMILES string of the molecule is COc1ccc(C(C(=O)NCCC(C)C)N(C(=O)c2snc(C(N)=O)c2N)c2ccccc2OC)cc1OC. The standard InChI is InChI=1S/C27H33N5O6S/c1-15(2)12-13-30-26(34)23(16-10-11-19(37-4)20(14-16)38-5)32(17-8-6-7-9-18(17)36-3)27(35)24-21(28)22(25(29)33)31-39-24/h6-11,14-15,23H,12-13,28H2,1-5H3,(H2,29,33)(H,30,34). The molecule has 39 heavy (non-hydrogen) atoms. The molecule has 3 amide bonds. The van der Waals surface area contributed by atoms with Crippen LogP contribution in [-0.2, 0) is 4.79 Å². The van der Waals surface area contributed by atoms with E-state index in [0.717, 1.165) is 18.0 Å². The quantitative estimate of drug-likeness (QED) is 0.307. The molecule has 1 heterocycles. The molecule has 0 saturated carbocycles. The number of primary amides is 1. The maximum absolute atomic E-state index is 14.2. The molecule has 1 atom stereocenters. The summed E-state index contributed by atoms with van der Waals surface area (Å²) in [5.74, 6) is -0.468. The highest BCUT2D eigenvalue weighted by Gasteiger charge is 2.37. The Balaban J connectivity index is 2.26. The number of hydrogen-bond acceptors (Lipinski definition) is 9. The third kappa shape index (κ3) is 6.40. The number of anilines is 2. The van der Waals surface area contributed by atoms with Crippen molar-refractivity contribution in [3.8, 4) is 17.2 Å². The highest BCUT2D eigenvalue weighted by Crippen LogP contribution is 2.39. The maximum Gasteiger partial charge on any atom is 0.273 e. The van der Waals surface area contributed by atoms with Crippen molar-refractivity contribution in [2.75, 3.05) is 38.5 Å². The second-order valence-electron chi connectivity index (χ2n) is 8.98. The third-order valence-electron chi connectivity index (χ3n) is 5.97. The van der Waals surface area contributed by atoms with Gasteiger partial charge in [0.15, 0.2) is 17.2 Å². The zero-order valence-electron chi connectivity index (χ0n) is 22.5. The number of nitrogens with two attached hydrogens (primary N) is 2. The number of amides is 3. The number of rotatable bonds is 12. The number of para-hydroxylation sites is 2. The molecule has 208 valence electrons. The minimum atomic E-state index is -1.20. The van der Waals surface area contributed by atoms with E-state index in [4.69, 9.17) is 25.7 Å². The predicted octanol–water partition coefficient (Wildman–Crippen LogP) is 3.40. The second kappa shape index (κ2) is 13.0. The number of nitrogen functional groups attached to an aromatic ring is 1. The molecule has 12 heteroatoms. The summed E-state index contributed by atoms with van der Waals surface area (Å²) in [4.78, 5) is 41.2. The summed E-state index contributed by atoms with van der Waals surface area (Å²) in [7, 11) is 4.44. The molecule has 0 aliphatic carbocycles. The van der Waals surface area contributed by atoms with Crippen LogP contribution in [0.3, 0.4) is 0 Å². The van der Waals surface area contributed by atoms with Crippen LogP contribution in [0.5, 0.6) is 17.2 Å². The highest BCUT2D eigenvalue weighted by molar-refractivity contribution is 7.09. The normalized spacial score (nSPS) is 11.5. The Morgan fingerprint density at radius 3 is 2.26 bits per heavy atom. The topological polar surface area (TPSA) is 159 Å². The van der Waals surface area contributed by atoms with Gasteiger partial charge in [-0.25, -0.2) is 0 Å². The molecular formula is C27H33N5O6S. The van der Waals surface area contributed by atoms with E-state index < -0.39 is 23.8 Å². The number of carbonyl (C=O) groups is 3. The molecule has 11 nitrogen and oxygen atoms in total. The van der Waals surface area contributed by atoms with Gasteiger partial charge in [-0.3, -0.25) is 19.3 Å². The molecule has 2 aromatic carbocycles. The lowest BCUT2D eigenvalue weighted by atomic mass is 10.0. The van der Waals surface area contributed by atoms with Gasteiger partial charge in [0, 0.05) is 6.54 Å². The summed E-state index contributed by atoms with van der Waals surface area (Å²) < 4.78 is 20.4. The molecule has 0 aliphatic rings. The molecule has 1 aromatic heterocycles. The Hall–Kier alpha value is -4.32. The first-order valence-corrected chi connectivity index (χ1v) is 12.9. The van der Waals surface area contributed by atoms with E-state index in [-0.39, 0.29) is 16.3 Å². The van der Waals surface area contributed by atoms with Crippen molar-refractivity contribution in [2.45, 2.75) is 26.3 Å². The molecule has 5 N–H and O–H groups in total. The van der Waals surface area contributed by atoms with Crippen molar-refractivity contribution in [1.82, 2.24) is 9.69 Å². The highest BCUT2D eigenvalue weighted by atomic mass is 32.1. The summed E-state index contributed by atoms with van der Waals surface area (Å²) >= 11 is 0.725. The van der Waals surface area contributed by atoms with Gasteiger partial charge in [0.05, 0.1) is 32.7 Å². The Morgan fingerprint density at radius 2 is 1.67 bits per heavy atom. The molecule has 0 radical (unpaired) electrons. The lowest BCUT2D eigenvalue weighted by molar-refractivity contribution is -0.122. The van der Waals surface area contributed by atoms with Crippen molar-refractivity contribution >= 4 is 40.6 Å². The first-order chi connectivity index (χ1) is 18.6. The summed E-state index contributed by atoms with van der Waals surface area (Å²) in [6.07, 6.45) is 0.733. The molecular weight excluding hydrogens is 522 g/mol. The van der Waals surface area contributed by atoms with Crippen LogP contribution in [0.15, 0.2) is 42.5 Å². The van der Waals surface area contributed by atoms with Crippen molar-refractivity contribution in [2.24, 2.45) is 11.7 Å². The van der Waals surface area contributed by atoms with Gasteiger partial charge in [0.1, 0.15) is 16.7 Å². The summed E-state index contributed by atoms with van der Waals surface area (Å²) in [6, 6.07) is 10.5. The smallest absolute Gasteiger partial charge is 0.273 e. The van der Waals surface area contributed by atoms with Crippen molar-refractivity contribution in [3.05, 3.63) is 58.6 Å². The van der Waals surface area contributed by atoms with E-state index in [1.807, 2.05) is 13.8 Å². The maximum atomic E-state index is 14.2. The molecule has 0 bridgehead atoms. The number of aromatic nitrogens is 1. The van der Waals surface area contributed by atoms with E-state index >= 15 is 0 Å². The van der Waals surface area contributed by atoms with Gasteiger partial charge in [0.25, 0.3) is 11.8 Å². The Morgan fingerprint density at radius 1 is 1.00 bits per heavy atom. The molecule has 0 fully saturated rings. The first kappa shape index (κ1) is 29.2. The van der Waals surface area contributed by atoms with E-state index in [2.05, 4.69) is 9.69 Å². The Labute approximate surface area is 231 Å². The van der Waals surface area contributed by atoms with Gasteiger partial charge in [-0.05, 0) is 53.7 Å². The lowest BCUT2D eigenvalue weighted by Gasteiger charge is -2.32. The number of hydrogen-bond donors (Lipinski definition) is 3. The minimum Gasteiger partial charge on any atom is -0.495 e. The van der Waals surface area contributed by atoms with Crippen LogP contribution in [0, 0.1) is 5.92 Å². The van der Waals surface area contributed by atoms with E-state index in [1.54, 1.807) is 42.5 Å². The van der Waals surface area contributed by atoms with Gasteiger partial charge in [-0.15, -0.1) is 0 Å². The van der Waals surface area contributed by atoms with E-state index in [9.17, 15) is 14.4 Å². The monoisotopic (exact) mass is 555 g/mol. The van der Waals surface area contributed by atoms with Gasteiger partial charge in [-0.2, -0.15) is 4.37 Å². The molecule has 1 unspecified atom stereocenters. The number of carbonyl (C=O) groups excluding carboxylic acids is 3. The van der Waals surface area contributed by atoms with Gasteiger partial charge >= 0.3 is 0 Å². The zero-order chi connectivity index (χ0) is 28.7. The fourth-order valence-corrected chi connectivity index (χ4v) is 4.70. The van der Waals surface area contributed by atoms with Crippen LogP contribution in [0.4, 0.5) is 11.4 Å². The summed E-state index contributed by atoms with van der Waals surface area (Å²) in [5.41, 5.74) is 11.9. The van der Waals surface area contributed by atoms with Gasteiger partial charge < -0.3 is 31.0 Å². The molecule has 0 aliphatic heterocycles. The fourth-order valence-electron chi connectivity index (χ4n) is 3.95. The predicted molar refractivity (Wildman–Crippen MR) is 150 cm³/mol. The largest absolute Gasteiger partial charge is 0.495 e. The average Bonchev–Trinajstić information content (AvgIpc) is 3.32. The van der Waals surface area contributed by atoms with E-state index in [0.29, 0.717) is 41.0 Å². The molecule has 0 spiro atoms. The molecule has 0 saturated heterocycles. The molecule has 3 aromatic rings. The van der Waals surface area contributed by atoms with E-state index in [1.165, 1.54) is 26.2 Å². The number of methoxy groups -OCH3 is 3. The zero-order valence-corrected chi connectivity index (χ0v) is 23.3. The second-order valence-corrected chi connectivity index (χ2v) is 9.75. The first-order valence-electron chi connectivity index (χ1n) is 12.2. The van der Waals surface area contributed by atoms with Crippen LogP contribution in [0.1, 0.15) is 52.0 Å². The molecule has 3 rings (SSSR count). The number of nitrogens with one attached hydrogen (secondary N) is 1. The number of ether oxygens (including phenoxy) is 3. The Kier molecular flexibility index (Phi) is 9.72. The van der Waals surface area contributed by atoms with Crippen LogP contribution in [0.25, 0.3) is 0 Å². The van der Waals surface area contributed by atoms with Crippen molar-refractivity contribution in [3.63, 3.8) is 0 Å². The van der Waals surface area contributed by atoms with Gasteiger partial charge in [0.2, 0.25) is 5.91 Å². The van der Waals surface area contributed by atoms with Crippen molar-refractivity contribution < 1.29 is 28.6 Å². The van der Waals surface area contributed by atoms with Crippen LogP contribution in [0.2, 0.25) is 0 Å². The Bertz CT molecular complexity index is 1340. The van der Waals surface area contributed by atoms with Crippen LogP contribution >= 0.6 is 11.5 Å². The fraction of sp³-hybridized carbons (Fsp3) is 0.333. The average molecular weight is 556 g/mol. The van der Waals surface area contributed by atoms with Crippen LogP contribution < -0.4 is 35.9 Å². The third-order valence-corrected chi connectivity index (χ3v) is 6.82. The summed E-state index contributed by atoms with van der Waals surface area (Å²) in [6.45, 7) is 4.49. The van der Waals surface area contributed by atoms with Crippen LogP contribution in [-0.4, -0.2) is 50.0 Å². The minimum absolute atomic E-state index is 0.0461. The summed E-state index contributed by atoms with van der Waals surface area (Å²) in [5, 5.41) is 2.95. The van der Waals surface area contributed by atoms with Gasteiger partial charge in [-0.1, -0.05) is 32.0 Å². The number of nitrogens with zero attached hydrogens (tertiary/aromatic N) is 2. The number of benzene rings is 2. The lowest BCUT2D eigenvalue weighted by Crippen LogP contribution is -2.44. The van der Waals surface area contributed by atoms with Crippen molar-refractivity contribution in [1.29, 1.82) is 0 Å².